The van der Waals surface area contributed by atoms with Crippen LogP contribution in [0.1, 0.15) is 6.92 Å². The Kier molecular flexibility index (Phi) is 9.29. The van der Waals surface area contributed by atoms with Gasteiger partial charge in [-0.1, -0.05) is 17.7 Å². The lowest BCUT2D eigenvalue weighted by Crippen LogP contribution is -2.52. The molecule has 0 amide bonds. The Morgan fingerprint density at radius 2 is 1.96 bits per heavy atom. The molecule has 1 heterocycles. The molecule has 0 saturated carbocycles. The summed E-state index contributed by atoms with van der Waals surface area (Å²) in [5.74, 6) is 0.858. The number of aliphatic imine (C=N–C) groups is 1. The molecular formula is C16H26ClIN4O2S. The van der Waals surface area contributed by atoms with E-state index in [4.69, 9.17) is 11.6 Å². The number of hydrogen-bond donors (Lipinski definition) is 1. The van der Waals surface area contributed by atoms with Crippen LogP contribution in [0, 0.1) is 0 Å². The van der Waals surface area contributed by atoms with Crippen LogP contribution in [0.5, 0.6) is 0 Å². The van der Waals surface area contributed by atoms with Gasteiger partial charge in [-0.2, -0.15) is 0 Å². The second-order valence-corrected chi connectivity index (χ2v) is 8.52. The number of halogens is 2. The summed E-state index contributed by atoms with van der Waals surface area (Å²) in [7, 11) is -2.99. The molecule has 25 heavy (non-hydrogen) atoms. The van der Waals surface area contributed by atoms with Gasteiger partial charge in [-0.25, -0.2) is 8.42 Å². The van der Waals surface area contributed by atoms with Crippen LogP contribution in [0.2, 0.25) is 5.02 Å². The topological polar surface area (TPSA) is 65.0 Å². The van der Waals surface area contributed by atoms with Crippen LogP contribution in [0.25, 0.3) is 0 Å². The number of nitrogens with one attached hydrogen (secondary N) is 1. The van der Waals surface area contributed by atoms with Crippen molar-refractivity contribution in [1.29, 1.82) is 0 Å². The van der Waals surface area contributed by atoms with Gasteiger partial charge in [0, 0.05) is 49.7 Å². The van der Waals surface area contributed by atoms with E-state index >= 15 is 0 Å². The van der Waals surface area contributed by atoms with Gasteiger partial charge >= 0.3 is 0 Å². The van der Waals surface area contributed by atoms with Crippen LogP contribution < -0.4 is 10.2 Å². The van der Waals surface area contributed by atoms with E-state index in [1.165, 1.54) is 6.26 Å². The minimum absolute atomic E-state index is 0. The first-order chi connectivity index (χ1) is 11.4. The van der Waals surface area contributed by atoms with Gasteiger partial charge < -0.3 is 15.1 Å². The van der Waals surface area contributed by atoms with Gasteiger partial charge in [0.15, 0.2) is 5.96 Å². The molecule has 142 valence electrons. The van der Waals surface area contributed by atoms with Gasteiger partial charge in [0.25, 0.3) is 0 Å². The van der Waals surface area contributed by atoms with Crippen LogP contribution in [0.15, 0.2) is 29.3 Å². The van der Waals surface area contributed by atoms with Crippen molar-refractivity contribution in [2.75, 3.05) is 56.2 Å². The Balaban J connectivity index is 0.00000312. The highest BCUT2D eigenvalue weighted by Gasteiger charge is 2.20. The smallest absolute Gasteiger partial charge is 0.194 e. The minimum atomic E-state index is -2.99. The number of piperazine rings is 1. The Labute approximate surface area is 172 Å². The van der Waals surface area contributed by atoms with E-state index in [0.29, 0.717) is 0 Å². The largest absolute Gasteiger partial charge is 0.368 e. The van der Waals surface area contributed by atoms with E-state index < -0.39 is 9.84 Å². The van der Waals surface area contributed by atoms with Crippen molar-refractivity contribution in [3.63, 3.8) is 0 Å². The standard InChI is InChI=1S/C16H25ClN4O2S.HI/c1-3-18-16(19-7-12-24(2,22)23)21-10-8-20(9-11-21)15-6-4-5-14(17)13-15;/h4-6,13H,3,7-12H2,1-2H3,(H,18,19);1H. The van der Waals surface area contributed by atoms with Crippen molar-refractivity contribution in [3.05, 3.63) is 29.3 Å². The van der Waals surface area contributed by atoms with Gasteiger partial charge in [-0.15, -0.1) is 24.0 Å². The number of benzene rings is 1. The fourth-order valence-electron chi connectivity index (χ4n) is 2.59. The maximum Gasteiger partial charge on any atom is 0.194 e. The van der Waals surface area contributed by atoms with Gasteiger partial charge in [0.2, 0.25) is 0 Å². The van der Waals surface area contributed by atoms with Gasteiger partial charge in [-0.3, -0.25) is 4.99 Å². The van der Waals surface area contributed by atoms with E-state index in [-0.39, 0.29) is 36.3 Å². The van der Waals surface area contributed by atoms with Crippen molar-refractivity contribution in [2.45, 2.75) is 6.92 Å². The van der Waals surface area contributed by atoms with Crippen molar-refractivity contribution < 1.29 is 8.42 Å². The summed E-state index contributed by atoms with van der Waals surface area (Å²) in [6.45, 7) is 6.46. The Hall–Kier alpha value is -0.740. The van der Waals surface area contributed by atoms with Gasteiger partial charge in [0.05, 0.1) is 12.3 Å². The molecule has 0 spiro atoms. The number of nitrogens with zero attached hydrogens (tertiary/aromatic N) is 3. The number of hydrogen-bond acceptors (Lipinski definition) is 4. The first-order valence-electron chi connectivity index (χ1n) is 8.10. The van der Waals surface area contributed by atoms with Crippen molar-refractivity contribution in [3.8, 4) is 0 Å². The lowest BCUT2D eigenvalue weighted by atomic mass is 10.2. The Morgan fingerprint density at radius 3 is 2.52 bits per heavy atom. The highest BCUT2D eigenvalue weighted by molar-refractivity contribution is 14.0. The zero-order chi connectivity index (χ0) is 17.6. The summed E-state index contributed by atoms with van der Waals surface area (Å²) in [5.41, 5.74) is 1.13. The average Bonchev–Trinajstić information content (AvgIpc) is 2.53. The number of rotatable bonds is 5. The summed E-state index contributed by atoms with van der Waals surface area (Å²) < 4.78 is 22.5. The average molecular weight is 501 g/mol. The molecule has 2 rings (SSSR count). The molecule has 0 aliphatic carbocycles. The summed E-state index contributed by atoms with van der Waals surface area (Å²) in [4.78, 5) is 8.91. The summed E-state index contributed by atoms with van der Waals surface area (Å²) >= 11 is 6.06. The normalized spacial score (nSPS) is 15.7. The molecule has 1 aromatic carbocycles. The molecule has 1 aliphatic rings. The molecule has 1 fully saturated rings. The predicted molar refractivity (Wildman–Crippen MR) is 116 cm³/mol. The quantitative estimate of drug-likeness (QED) is 0.381. The van der Waals surface area contributed by atoms with Gasteiger partial charge in [0.1, 0.15) is 9.84 Å². The molecule has 9 heteroatoms. The number of guanidine groups is 1. The molecular weight excluding hydrogens is 475 g/mol. The molecule has 0 radical (unpaired) electrons. The van der Waals surface area contributed by atoms with Crippen molar-refractivity contribution in [2.24, 2.45) is 4.99 Å². The fourth-order valence-corrected chi connectivity index (χ4v) is 3.20. The molecule has 1 N–H and O–H groups in total. The first kappa shape index (κ1) is 22.3. The maximum atomic E-state index is 11.3. The molecule has 1 aromatic rings. The van der Waals surface area contributed by atoms with Crippen molar-refractivity contribution >= 4 is 57.1 Å². The highest BCUT2D eigenvalue weighted by Crippen LogP contribution is 2.20. The Morgan fingerprint density at radius 1 is 1.28 bits per heavy atom. The van der Waals surface area contributed by atoms with Crippen LogP contribution >= 0.6 is 35.6 Å². The Bertz CT molecular complexity index is 676. The number of sulfone groups is 1. The van der Waals surface area contributed by atoms with Crippen LogP contribution in [0.4, 0.5) is 5.69 Å². The summed E-state index contributed by atoms with van der Waals surface area (Å²) in [6.07, 6.45) is 1.24. The highest BCUT2D eigenvalue weighted by atomic mass is 127. The van der Waals surface area contributed by atoms with Crippen LogP contribution in [-0.4, -0.2) is 70.6 Å². The first-order valence-corrected chi connectivity index (χ1v) is 10.5. The number of anilines is 1. The lowest BCUT2D eigenvalue weighted by molar-refractivity contribution is 0.373. The van der Waals surface area contributed by atoms with E-state index in [2.05, 4.69) is 26.2 Å². The summed E-state index contributed by atoms with van der Waals surface area (Å²) in [5, 5.41) is 3.99. The lowest BCUT2D eigenvalue weighted by Gasteiger charge is -2.37. The third-order valence-corrected chi connectivity index (χ3v) is 4.97. The van der Waals surface area contributed by atoms with E-state index in [0.717, 1.165) is 49.4 Å². The monoisotopic (exact) mass is 500 g/mol. The zero-order valence-electron chi connectivity index (χ0n) is 14.6. The molecule has 6 nitrogen and oxygen atoms in total. The fraction of sp³-hybridized carbons (Fsp3) is 0.562. The third-order valence-electron chi connectivity index (χ3n) is 3.81. The SMILES string of the molecule is CCNC(=NCCS(C)(=O)=O)N1CCN(c2cccc(Cl)c2)CC1.I. The molecule has 1 aliphatic heterocycles. The molecule has 0 unspecified atom stereocenters. The van der Waals surface area contributed by atoms with E-state index in [9.17, 15) is 8.42 Å². The maximum absolute atomic E-state index is 11.3. The van der Waals surface area contributed by atoms with E-state index in [1.807, 2.05) is 25.1 Å². The van der Waals surface area contributed by atoms with Crippen molar-refractivity contribution in [1.82, 2.24) is 10.2 Å². The molecule has 0 atom stereocenters. The second kappa shape index (κ2) is 10.4. The van der Waals surface area contributed by atoms with Gasteiger partial charge in [-0.05, 0) is 25.1 Å². The summed E-state index contributed by atoms with van der Waals surface area (Å²) in [6, 6.07) is 7.87. The third kappa shape index (κ3) is 7.57. The zero-order valence-corrected chi connectivity index (χ0v) is 18.5. The van der Waals surface area contributed by atoms with Crippen LogP contribution in [-0.2, 0) is 9.84 Å². The molecule has 0 aromatic heterocycles. The minimum Gasteiger partial charge on any atom is -0.368 e. The molecule has 0 bridgehead atoms. The predicted octanol–water partition coefficient (Wildman–Crippen LogP) is 2.09. The molecule has 1 saturated heterocycles. The second-order valence-electron chi connectivity index (χ2n) is 5.82. The van der Waals surface area contributed by atoms with Crippen LogP contribution in [0.3, 0.4) is 0 Å². The van der Waals surface area contributed by atoms with E-state index in [1.54, 1.807) is 0 Å².